The highest BCUT2D eigenvalue weighted by Gasteiger charge is 2.41. The third-order valence-corrected chi connectivity index (χ3v) is 10.1. The van der Waals surface area contributed by atoms with Gasteiger partial charge in [0, 0.05) is 5.56 Å². The molecule has 0 aliphatic carbocycles. The number of aryl methyl sites for hydroxylation is 1. The summed E-state index contributed by atoms with van der Waals surface area (Å²) in [4.78, 5) is 47.3. The van der Waals surface area contributed by atoms with Crippen molar-refractivity contribution in [2.45, 2.75) is 116 Å². The Morgan fingerprint density at radius 3 is 2.43 bits per heavy atom. The molecule has 3 aromatic heterocycles. The lowest BCUT2D eigenvalue weighted by Gasteiger charge is -2.33. The highest BCUT2D eigenvalue weighted by molar-refractivity contribution is 7.22. The standard InChI is InChI=1S/C34H38F3N3O8S/c1-17-25-28(41)40(34(5,6)30(42)48-33(2,3)4)32(43)39(29(25)49-26(17)27-38-11-12-44-27)16-24(46-21-14-19-8-9-20(15-21)45-19)22-13-18(35)7-10-23(22)47-31(36)37/h7,10-13,19-21,24,31H,8-9,14-16H2,1-6H3/t19-,20+,21?,24?. The minimum absolute atomic E-state index is 0.0513. The quantitative estimate of drug-likeness (QED) is 0.171. The van der Waals surface area contributed by atoms with Crippen molar-refractivity contribution in [2.75, 3.05) is 0 Å². The van der Waals surface area contributed by atoms with Crippen molar-refractivity contribution in [2.24, 2.45) is 0 Å². The van der Waals surface area contributed by atoms with Gasteiger partial charge in [-0.25, -0.2) is 23.5 Å². The van der Waals surface area contributed by atoms with Crippen LogP contribution in [0.4, 0.5) is 13.2 Å². The molecule has 2 aliphatic rings. The van der Waals surface area contributed by atoms with Gasteiger partial charge in [0.25, 0.3) is 5.56 Å². The van der Waals surface area contributed by atoms with Crippen molar-refractivity contribution < 1.29 is 41.3 Å². The molecule has 2 aliphatic heterocycles. The van der Waals surface area contributed by atoms with Crippen LogP contribution in [-0.2, 0) is 31.1 Å². The van der Waals surface area contributed by atoms with Crippen molar-refractivity contribution in [3.63, 3.8) is 0 Å². The molecule has 0 spiro atoms. The highest BCUT2D eigenvalue weighted by atomic mass is 32.1. The summed E-state index contributed by atoms with van der Waals surface area (Å²) in [6.07, 6.45) is 3.79. The van der Waals surface area contributed by atoms with Gasteiger partial charge in [0.1, 0.15) is 39.9 Å². The van der Waals surface area contributed by atoms with Crippen molar-refractivity contribution in [3.8, 4) is 16.5 Å². The van der Waals surface area contributed by atoms with Gasteiger partial charge < -0.3 is 23.4 Å². The van der Waals surface area contributed by atoms with Crippen LogP contribution in [-0.4, -0.2) is 50.6 Å². The second-order valence-corrected chi connectivity index (χ2v) is 14.9. The van der Waals surface area contributed by atoms with Gasteiger partial charge in [-0.15, -0.1) is 11.3 Å². The van der Waals surface area contributed by atoms with E-state index >= 15 is 0 Å². The number of oxazole rings is 1. The van der Waals surface area contributed by atoms with Crippen LogP contribution in [0, 0.1) is 12.7 Å². The Morgan fingerprint density at radius 2 is 1.82 bits per heavy atom. The van der Waals surface area contributed by atoms with Gasteiger partial charge in [0.15, 0.2) is 0 Å². The summed E-state index contributed by atoms with van der Waals surface area (Å²) in [7, 11) is 0. The van der Waals surface area contributed by atoms with Crippen molar-refractivity contribution in [3.05, 3.63) is 68.4 Å². The number of carbonyl (C=O) groups excluding carboxylic acids is 1. The lowest BCUT2D eigenvalue weighted by atomic mass is 10.0. The molecule has 2 bridgehead atoms. The molecule has 264 valence electrons. The van der Waals surface area contributed by atoms with E-state index in [0.717, 1.165) is 46.9 Å². The second-order valence-electron chi connectivity index (χ2n) is 13.9. The number of nitrogens with zero attached hydrogens (tertiary/aromatic N) is 3. The third-order valence-electron chi connectivity index (χ3n) is 8.78. The van der Waals surface area contributed by atoms with Crippen molar-refractivity contribution >= 4 is 27.5 Å². The predicted octanol–water partition coefficient (Wildman–Crippen LogP) is 6.47. The molecule has 1 aromatic carbocycles. The van der Waals surface area contributed by atoms with E-state index in [2.05, 4.69) is 4.98 Å². The Kier molecular flexibility index (Phi) is 9.30. The van der Waals surface area contributed by atoms with Crippen LogP contribution in [0.1, 0.15) is 77.5 Å². The van der Waals surface area contributed by atoms with Crippen molar-refractivity contribution in [1.29, 1.82) is 0 Å². The predicted molar refractivity (Wildman–Crippen MR) is 174 cm³/mol. The zero-order chi connectivity index (χ0) is 35.4. The summed E-state index contributed by atoms with van der Waals surface area (Å²) in [5.74, 6) is -1.68. The maximum Gasteiger partial charge on any atom is 0.387 e. The first-order valence-corrected chi connectivity index (χ1v) is 16.8. The molecular weight excluding hydrogens is 667 g/mol. The molecule has 2 saturated heterocycles. The number of aromatic nitrogens is 3. The lowest BCUT2D eigenvalue weighted by Crippen LogP contribution is -2.54. The molecule has 0 N–H and O–H groups in total. The number of hydrogen-bond donors (Lipinski definition) is 0. The lowest BCUT2D eigenvalue weighted by molar-refractivity contribution is -0.164. The number of thiophene rings is 1. The summed E-state index contributed by atoms with van der Waals surface area (Å²) < 4.78 is 72.7. The minimum atomic E-state index is -3.22. The fraction of sp³-hybridized carbons (Fsp3) is 0.529. The van der Waals surface area contributed by atoms with Crippen LogP contribution in [0.5, 0.6) is 5.75 Å². The van der Waals surface area contributed by atoms with Gasteiger partial charge in [-0.1, -0.05) is 0 Å². The number of carbonyl (C=O) groups is 1. The molecule has 5 heterocycles. The summed E-state index contributed by atoms with van der Waals surface area (Å²) in [6.45, 7) is 5.90. The van der Waals surface area contributed by atoms with Gasteiger partial charge in [0.2, 0.25) is 5.89 Å². The number of ether oxygens (including phenoxy) is 4. The fourth-order valence-corrected chi connectivity index (χ4v) is 7.78. The number of hydrogen-bond acceptors (Lipinski definition) is 10. The van der Waals surface area contributed by atoms with Gasteiger partial charge in [-0.05, 0) is 91.0 Å². The van der Waals surface area contributed by atoms with E-state index in [4.69, 9.17) is 23.4 Å². The Bertz CT molecular complexity index is 1970. The molecule has 6 rings (SSSR count). The second kappa shape index (κ2) is 13.1. The summed E-state index contributed by atoms with van der Waals surface area (Å²) in [5.41, 5.74) is -3.97. The molecule has 15 heteroatoms. The zero-order valence-corrected chi connectivity index (χ0v) is 28.8. The normalized spacial score (nSPS) is 20.2. The Labute approximate surface area is 283 Å². The molecule has 4 atom stereocenters. The van der Waals surface area contributed by atoms with Crippen LogP contribution >= 0.6 is 11.3 Å². The number of fused-ring (bicyclic) bond motifs is 3. The summed E-state index contributed by atoms with van der Waals surface area (Å²) in [5, 5.41) is 0.112. The van der Waals surface area contributed by atoms with Gasteiger partial charge in [0.05, 0.1) is 41.3 Å². The van der Waals surface area contributed by atoms with Crippen LogP contribution in [0.3, 0.4) is 0 Å². The molecule has 49 heavy (non-hydrogen) atoms. The van der Waals surface area contributed by atoms with E-state index in [0.29, 0.717) is 23.3 Å². The maximum atomic E-state index is 14.8. The SMILES string of the molecule is Cc1c(-c2ncco2)sc2c1c(=O)n(C(C)(C)C(=O)OC(C)(C)C)c(=O)n2CC(OC1C[C@H]2CC[C@@H](C1)O2)c1cc(F)ccc1OC(F)F. The molecule has 2 fully saturated rings. The first kappa shape index (κ1) is 34.9. The number of benzene rings is 1. The van der Waals surface area contributed by atoms with E-state index in [1.54, 1.807) is 27.7 Å². The Balaban J connectivity index is 1.57. The monoisotopic (exact) mass is 705 g/mol. The van der Waals surface area contributed by atoms with E-state index in [1.807, 2.05) is 0 Å². The van der Waals surface area contributed by atoms with Crippen LogP contribution in [0.15, 0.2) is 44.7 Å². The average Bonchev–Trinajstić information content (AvgIpc) is 3.73. The van der Waals surface area contributed by atoms with Crippen LogP contribution < -0.4 is 16.0 Å². The fourth-order valence-electron chi connectivity index (χ4n) is 6.54. The molecule has 4 aromatic rings. The summed E-state index contributed by atoms with van der Waals surface area (Å²) >= 11 is 1.06. The minimum Gasteiger partial charge on any atom is -0.458 e. The van der Waals surface area contributed by atoms with E-state index in [-0.39, 0.29) is 46.2 Å². The van der Waals surface area contributed by atoms with Gasteiger partial charge >= 0.3 is 18.3 Å². The molecular formula is C34H38F3N3O8S. The first-order chi connectivity index (χ1) is 23.0. The van der Waals surface area contributed by atoms with E-state index in [9.17, 15) is 27.6 Å². The Hall–Kier alpha value is -3.95. The summed E-state index contributed by atoms with van der Waals surface area (Å²) in [6, 6.07) is 3.12. The van der Waals surface area contributed by atoms with Crippen LogP contribution in [0.25, 0.3) is 21.0 Å². The largest absolute Gasteiger partial charge is 0.458 e. The number of esters is 1. The van der Waals surface area contributed by atoms with E-state index < -0.39 is 53.0 Å². The average molecular weight is 706 g/mol. The zero-order valence-electron chi connectivity index (χ0n) is 28.0. The molecule has 0 saturated carbocycles. The maximum absolute atomic E-state index is 14.8. The number of alkyl halides is 2. The molecule has 0 amide bonds. The number of halogens is 3. The molecule has 11 nitrogen and oxygen atoms in total. The molecule has 0 radical (unpaired) electrons. The van der Waals surface area contributed by atoms with Crippen molar-refractivity contribution in [1.82, 2.24) is 14.1 Å². The highest BCUT2D eigenvalue weighted by Crippen LogP contribution is 2.40. The third kappa shape index (κ3) is 6.93. The van der Waals surface area contributed by atoms with Crippen LogP contribution in [0.2, 0.25) is 0 Å². The smallest absolute Gasteiger partial charge is 0.387 e. The first-order valence-electron chi connectivity index (χ1n) is 16.0. The van der Waals surface area contributed by atoms with Gasteiger partial charge in [-0.2, -0.15) is 8.78 Å². The van der Waals surface area contributed by atoms with E-state index in [1.165, 1.54) is 30.9 Å². The molecule has 2 unspecified atom stereocenters. The Morgan fingerprint density at radius 1 is 1.12 bits per heavy atom. The topological polar surface area (TPSA) is 124 Å². The number of rotatable bonds is 10. The van der Waals surface area contributed by atoms with Gasteiger partial charge in [-0.3, -0.25) is 9.36 Å².